The number of amides is 1. The second-order valence-corrected chi connectivity index (χ2v) is 9.25. The molecule has 27 heavy (non-hydrogen) atoms. The van der Waals surface area contributed by atoms with Crippen LogP contribution in [0, 0.1) is 6.92 Å². The van der Waals surface area contributed by atoms with Crippen LogP contribution in [0.15, 0.2) is 40.8 Å². The predicted octanol–water partition coefficient (Wildman–Crippen LogP) is 1.11. The summed E-state index contributed by atoms with van der Waals surface area (Å²) in [5.41, 5.74) is 1.73. The van der Waals surface area contributed by atoms with Crippen LogP contribution in [0.3, 0.4) is 0 Å². The molecule has 1 amide bonds. The maximum Gasteiger partial charge on any atom is 0.287 e. The molecule has 2 heterocycles. The number of furan rings is 1. The Morgan fingerprint density at radius 3 is 2.59 bits per heavy atom. The largest absolute Gasteiger partial charge is 0.455 e. The first kappa shape index (κ1) is 19.6. The summed E-state index contributed by atoms with van der Waals surface area (Å²) in [4.78, 5) is 13.7. The van der Waals surface area contributed by atoms with E-state index in [4.69, 9.17) is 4.42 Å². The molecule has 0 atom stereocenters. The third kappa shape index (κ3) is 5.68. The molecule has 1 aliphatic heterocycles. The molecule has 1 aromatic heterocycles. The van der Waals surface area contributed by atoms with Gasteiger partial charge in [-0.2, -0.15) is 0 Å². The molecule has 0 bridgehead atoms. The fourth-order valence-electron chi connectivity index (χ4n) is 3.42. The average molecular weight is 392 g/mol. The van der Waals surface area contributed by atoms with E-state index in [0.717, 1.165) is 17.7 Å². The zero-order valence-electron chi connectivity index (χ0n) is 15.7. The van der Waals surface area contributed by atoms with Crippen LogP contribution in [0.1, 0.15) is 40.3 Å². The van der Waals surface area contributed by atoms with Crippen LogP contribution in [0.25, 0.3) is 0 Å². The number of carbonyl (C=O) groups is 1. The fraction of sp³-hybridized carbons (Fsp3) is 0.450. The van der Waals surface area contributed by atoms with Gasteiger partial charge in [0.05, 0.1) is 31.9 Å². The Bertz CT molecular complexity index is 883. The Hall–Kier alpha value is -2.12. The van der Waals surface area contributed by atoms with Crippen molar-refractivity contribution in [3.05, 3.63) is 59.0 Å². The number of hydrogen-bond donors (Lipinski definition) is 2. The van der Waals surface area contributed by atoms with Crippen molar-refractivity contribution in [3.8, 4) is 0 Å². The minimum atomic E-state index is -3.38. The quantitative estimate of drug-likeness (QED) is 0.706. The van der Waals surface area contributed by atoms with Crippen molar-refractivity contribution in [1.29, 1.82) is 0 Å². The lowest BCUT2D eigenvalue weighted by Gasteiger charge is -2.11. The first-order valence-electron chi connectivity index (χ1n) is 9.38. The van der Waals surface area contributed by atoms with Crippen LogP contribution in [-0.4, -0.2) is 40.5 Å². The van der Waals surface area contributed by atoms with E-state index in [0.29, 0.717) is 12.3 Å². The number of likely N-dealkylation sites (tertiary alicyclic amines) is 1. The first-order chi connectivity index (χ1) is 12.9. The summed E-state index contributed by atoms with van der Waals surface area (Å²) >= 11 is 0. The molecule has 1 aliphatic rings. The van der Waals surface area contributed by atoms with Crippen LogP contribution in [0.5, 0.6) is 0 Å². The molecule has 7 heteroatoms. The van der Waals surface area contributed by atoms with Crippen LogP contribution in [0.2, 0.25) is 0 Å². The second-order valence-electron chi connectivity index (χ2n) is 7.19. The third-order valence-electron chi connectivity index (χ3n) is 4.96. The van der Waals surface area contributed by atoms with E-state index in [-0.39, 0.29) is 23.2 Å². The van der Waals surface area contributed by atoms with Gasteiger partial charge in [0.2, 0.25) is 0 Å². The fourth-order valence-corrected chi connectivity index (χ4v) is 4.91. The van der Waals surface area contributed by atoms with Gasteiger partial charge in [-0.05, 0) is 30.2 Å². The van der Waals surface area contributed by atoms with Crippen LogP contribution >= 0.6 is 0 Å². The van der Waals surface area contributed by atoms with E-state index < -0.39 is 9.84 Å². The summed E-state index contributed by atoms with van der Waals surface area (Å²) in [6.45, 7) is 5.73. The van der Waals surface area contributed by atoms with Gasteiger partial charge in [0.25, 0.3) is 5.91 Å². The van der Waals surface area contributed by atoms with Gasteiger partial charge in [-0.1, -0.05) is 24.3 Å². The predicted molar refractivity (Wildman–Crippen MR) is 103 cm³/mol. The highest BCUT2D eigenvalue weighted by molar-refractivity contribution is 7.89. The van der Waals surface area contributed by atoms with Crippen molar-refractivity contribution in [2.75, 3.05) is 26.2 Å². The van der Waals surface area contributed by atoms with E-state index in [2.05, 4.69) is 5.32 Å². The maximum absolute atomic E-state index is 12.5. The minimum Gasteiger partial charge on any atom is -0.455 e. The molecule has 0 radical (unpaired) electrons. The summed E-state index contributed by atoms with van der Waals surface area (Å²) < 4.78 is 30.4. The molecule has 1 fully saturated rings. The Morgan fingerprint density at radius 1 is 1.11 bits per heavy atom. The van der Waals surface area contributed by atoms with Gasteiger partial charge in [-0.3, -0.25) is 4.79 Å². The number of quaternary nitrogens is 1. The summed E-state index contributed by atoms with van der Waals surface area (Å²) in [6.07, 6.45) is 2.50. The van der Waals surface area contributed by atoms with Crippen molar-refractivity contribution in [3.63, 3.8) is 0 Å². The Kier molecular flexibility index (Phi) is 6.34. The highest BCUT2D eigenvalue weighted by Gasteiger charge is 2.19. The molecule has 2 N–H and O–H groups in total. The van der Waals surface area contributed by atoms with E-state index in [9.17, 15) is 13.2 Å². The number of carbonyl (C=O) groups excluding carboxylic acids is 1. The van der Waals surface area contributed by atoms with Crippen molar-refractivity contribution < 1.29 is 22.5 Å². The number of sulfone groups is 1. The smallest absolute Gasteiger partial charge is 0.287 e. The normalized spacial score (nSPS) is 15.1. The number of nitrogens with one attached hydrogen (secondary N) is 2. The molecule has 3 rings (SSSR count). The molecule has 1 saturated heterocycles. The van der Waals surface area contributed by atoms with E-state index in [1.54, 1.807) is 6.07 Å². The third-order valence-corrected chi connectivity index (χ3v) is 6.43. The second kappa shape index (κ2) is 8.71. The maximum atomic E-state index is 12.5. The highest BCUT2D eigenvalue weighted by Crippen LogP contribution is 2.17. The summed E-state index contributed by atoms with van der Waals surface area (Å²) in [6, 6.07) is 10.5. The molecular weight excluding hydrogens is 364 g/mol. The van der Waals surface area contributed by atoms with Gasteiger partial charge in [0, 0.05) is 12.8 Å². The Balaban J connectivity index is 1.53. The summed E-state index contributed by atoms with van der Waals surface area (Å²) in [5.74, 6) is -0.102. The number of aryl methyl sites for hydroxylation is 1. The van der Waals surface area contributed by atoms with Crippen molar-refractivity contribution in [2.24, 2.45) is 0 Å². The number of benzene rings is 1. The van der Waals surface area contributed by atoms with E-state index in [1.165, 1.54) is 36.9 Å². The zero-order chi connectivity index (χ0) is 19.3. The van der Waals surface area contributed by atoms with Crippen molar-refractivity contribution in [2.45, 2.75) is 31.3 Å². The van der Waals surface area contributed by atoms with Gasteiger partial charge in [0.15, 0.2) is 15.6 Å². The molecule has 146 valence electrons. The van der Waals surface area contributed by atoms with Crippen LogP contribution < -0.4 is 10.2 Å². The molecule has 6 nitrogen and oxygen atoms in total. The molecule has 0 saturated carbocycles. The highest BCUT2D eigenvalue weighted by atomic mass is 32.2. The van der Waals surface area contributed by atoms with Gasteiger partial charge < -0.3 is 14.6 Å². The molecule has 0 spiro atoms. The van der Waals surface area contributed by atoms with Gasteiger partial charge in [-0.15, -0.1) is 0 Å². The van der Waals surface area contributed by atoms with Crippen LogP contribution in [0.4, 0.5) is 0 Å². The monoisotopic (exact) mass is 391 g/mol. The Morgan fingerprint density at radius 2 is 1.85 bits per heavy atom. The molecule has 2 aromatic rings. The zero-order valence-corrected chi connectivity index (χ0v) is 16.5. The van der Waals surface area contributed by atoms with Crippen LogP contribution in [-0.2, 0) is 21.3 Å². The van der Waals surface area contributed by atoms with E-state index in [1.807, 2.05) is 31.2 Å². The molecule has 1 aromatic carbocycles. The summed E-state index contributed by atoms with van der Waals surface area (Å²) in [7, 11) is -3.38. The topological polar surface area (TPSA) is 80.8 Å². The molecule has 0 aliphatic carbocycles. The minimum absolute atomic E-state index is 0.0412. The van der Waals surface area contributed by atoms with Gasteiger partial charge in [0.1, 0.15) is 11.5 Å². The van der Waals surface area contributed by atoms with Crippen molar-refractivity contribution in [1.82, 2.24) is 5.32 Å². The van der Waals surface area contributed by atoms with Gasteiger partial charge >= 0.3 is 0 Å². The lowest BCUT2D eigenvalue weighted by molar-refractivity contribution is -0.886. The standard InChI is InChI=1S/C20H26N2O4S/c1-16-6-2-3-7-17(16)14-27(24,25)15-18-8-9-19(26-18)20(23)21-10-13-22-11-4-5-12-22/h2-3,6-9H,4-5,10-15H2,1H3,(H,21,23)/p+1. The average Bonchev–Trinajstić information content (AvgIpc) is 3.28. The summed E-state index contributed by atoms with van der Waals surface area (Å²) in [5, 5.41) is 2.85. The Labute approximate surface area is 160 Å². The first-order valence-corrected chi connectivity index (χ1v) is 11.2. The molecular formula is C20H27N2O4S+. The SMILES string of the molecule is Cc1ccccc1CS(=O)(=O)Cc1ccc(C(=O)NCC[NH+]2CCCC2)o1. The number of rotatable bonds is 8. The van der Waals surface area contributed by atoms with E-state index >= 15 is 0 Å². The lowest BCUT2D eigenvalue weighted by Crippen LogP contribution is -3.10. The van der Waals surface area contributed by atoms with Gasteiger partial charge in [-0.25, -0.2) is 8.42 Å². The lowest BCUT2D eigenvalue weighted by atomic mass is 10.1. The van der Waals surface area contributed by atoms with Crippen molar-refractivity contribution >= 4 is 15.7 Å². The number of hydrogen-bond acceptors (Lipinski definition) is 4. The molecule has 0 unspecified atom stereocenters.